The number of aryl methyl sites for hydroxylation is 1. The molecule has 150 valence electrons. The van der Waals surface area contributed by atoms with Crippen molar-refractivity contribution in [2.75, 3.05) is 5.32 Å². The highest BCUT2D eigenvalue weighted by atomic mass is 31.0. The summed E-state index contributed by atoms with van der Waals surface area (Å²) in [6, 6.07) is 0. The van der Waals surface area contributed by atoms with Crippen LogP contribution in [-0.4, -0.2) is 33.3 Å². The number of aromatic nitrogens is 2. The van der Waals surface area contributed by atoms with Gasteiger partial charge in [0, 0.05) is 37.1 Å². The molecule has 1 aromatic heterocycles. The summed E-state index contributed by atoms with van der Waals surface area (Å²) in [5.74, 6) is -1.98. The van der Waals surface area contributed by atoms with Crippen LogP contribution in [0.1, 0.15) is 74.5 Å². The molecule has 0 spiro atoms. The van der Waals surface area contributed by atoms with E-state index in [0.29, 0.717) is 24.6 Å². The monoisotopic (exact) mass is 403 g/mol. The third kappa shape index (κ3) is 3.82. The van der Waals surface area contributed by atoms with Crippen LogP contribution in [0.15, 0.2) is 0 Å². The van der Waals surface area contributed by atoms with Gasteiger partial charge in [0.25, 0.3) is 5.92 Å². The van der Waals surface area contributed by atoms with Gasteiger partial charge in [0.15, 0.2) is 5.82 Å². The second kappa shape index (κ2) is 6.64. The average molecular weight is 403 g/mol. The molecule has 1 N–H and O–H groups in total. The molecule has 1 heterocycles. The van der Waals surface area contributed by atoms with Gasteiger partial charge in [-0.3, -0.25) is 10.00 Å². The Hall–Kier alpha value is -1.30. The molecule has 27 heavy (non-hydrogen) atoms. The maximum absolute atomic E-state index is 14.0. The highest BCUT2D eigenvalue weighted by molar-refractivity contribution is 7.18. The number of anilines is 1. The van der Waals surface area contributed by atoms with Gasteiger partial charge in [-0.15, -0.1) is 0 Å². The summed E-state index contributed by atoms with van der Waals surface area (Å²) >= 11 is 0. The number of hydrogen-bond acceptors (Lipinski definition) is 3. The van der Waals surface area contributed by atoms with Crippen molar-refractivity contribution < 1.29 is 22.7 Å². The lowest BCUT2D eigenvalue weighted by Crippen LogP contribution is -2.34. The minimum atomic E-state index is -2.76. The summed E-state index contributed by atoms with van der Waals surface area (Å²) in [7, 11) is 4.06. The van der Waals surface area contributed by atoms with Crippen molar-refractivity contribution in [3.63, 3.8) is 0 Å². The van der Waals surface area contributed by atoms with Crippen LogP contribution in [0, 0.1) is 0 Å². The number of amides is 1. The Morgan fingerprint density at radius 1 is 1.22 bits per heavy atom. The highest BCUT2D eigenvalue weighted by Crippen LogP contribution is 2.54. The fourth-order valence-electron chi connectivity index (χ4n) is 4.47. The quantitative estimate of drug-likeness (QED) is 0.732. The minimum Gasteiger partial charge on any atom is -0.446 e. The summed E-state index contributed by atoms with van der Waals surface area (Å²) < 4.78 is 47.5. The summed E-state index contributed by atoms with van der Waals surface area (Å²) in [6.07, 6.45) is 1.91. The highest BCUT2D eigenvalue weighted by Gasteiger charge is 2.46. The Balaban J connectivity index is 1.50. The average Bonchev–Trinajstić information content (AvgIpc) is 2.94. The number of alkyl halides is 3. The summed E-state index contributed by atoms with van der Waals surface area (Å²) in [5.41, 5.74) is 1.93. The van der Waals surface area contributed by atoms with Gasteiger partial charge in [-0.05, 0) is 38.0 Å². The topological polar surface area (TPSA) is 56.2 Å². The molecular formula is C18H25F3N3O2P. The van der Waals surface area contributed by atoms with Crippen LogP contribution in [0.4, 0.5) is 23.8 Å². The molecule has 3 aliphatic rings. The lowest BCUT2D eigenvalue weighted by molar-refractivity contribution is -0.00501. The zero-order valence-electron chi connectivity index (χ0n) is 15.3. The van der Waals surface area contributed by atoms with Crippen molar-refractivity contribution in [3.05, 3.63) is 11.3 Å². The Morgan fingerprint density at radius 3 is 2.44 bits per heavy atom. The van der Waals surface area contributed by atoms with Crippen molar-refractivity contribution in [1.82, 2.24) is 9.78 Å². The first-order chi connectivity index (χ1) is 12.6. The summed E-state index contributed by atoms with van der Waals surface area (Å²) in [6.45, 7) is 0. The van der Waals surface area contributed by atoms with Crippen molar-refractivity contribution in [2.45, 2.75) is 80.6 Å². The first-order valence-corrected chi connectivity index (χ1v) is 10.1. The lowest BCUT2D eigenvalue weighted by atomic mass is 9.73. The first kappa shape index (κ1) is 19.0. The smallest absolute Gasteiger partial charge is 0.413 e. The zero-order valence-corrected chi connectivity index (χ0v) is 16.5. The van der Waals surface area contributed by atoms with E-state index in [1.807, 2.05) is 0 Å². The van der Waals surface area contributed by atoms with Gasteiger partial charge in [-0.2, -0.15) is 5.10 Å². The van der Waals surface area contributed by atoms with E-state index < -0.39 is 30.0 Å². The molecule has 2 unspecified atom stereocenters. The number of halogens is 3. The molecule has 1 aromatic rings. The van der Waals surface area contributed by atoms with Crippen LogP contribution in [0.25, 0.3) is 0 Å². The Bertz CT molecular complexity index is 740. The van der Waals surface area contributed by atoms with Crippen molar-refractivity contribution >= 4 is 21.2 Å². The van der Waals surface area contributed by atoms with Gasteiger partial charge in [-0.1, -0.05) is 15.7 Å². The third-order valence-electron chi connectivity index (χ3n) is 6.05. The van der Waals surface area contributed by atoms with E-state index in [1.165, 1.54) is 0 Å². The Kier molecular flexibility index (Phi) is 4.68. The fourth-order valence-corrected chi connectivity index (χ4v) is 5.04. The Labute approximate surface area is 158 Å². The molecule has 3 saturated carbocycles. The van der Waals surface area contributed by atoms with Crippen molar-refractivity contribution in [3.8, 4) is 0 Å². The molecule has 9 heteroatoms. The van der Waals surface area contributed by atoms with Crippen LogP contribution >= 0.6 is 9.24 Å². The largest absolute Gasteiger partial charge is 0.446 e. The molecule has 3 fully saturated rings. The summed E-state index contributed by atoms with van der Waals surface area (Å²) in [4.78, 5) is 12.2. The van der Waals surface area contributed by atoms with E-state index in [-0.39, 0.29) is 18.8 Å². The zero-order chi connectivity index (χ0) is 19.4. The van der Waals surface area contributed by atoms with Gasteiger partial charge in [-0.25, -0.2) is 18.0 Å². The number of carbonyl (C=O) groups excluding carboxylic acids is 1. The molecule has 5 nitrogen and oxygen atoms in total. The predicted octanol–water partition coefficient (Wildman–Crippen LogP) is 4.84. The number of nitrogens with one attached hydrogen (secondary N) is 1. The second-order valence-electron chi connectivity index (χ2n) is 8.29. The van der Waals surface area contributed by atoms with E-state index in [2.05, 4.69) is 19.7 Å². The third-order valence-corrected chi connectivity index (χ3v) is 6.53. The van der Waals surface area contributed by atoms with E-state index in [0.717, 1.165) is 30.5 Å². The van der Waals surface area contributed by atoms with Gasteiger partial charge >= 0.3 is 6.09 Å². The molecule has 0 bridgehead atoms. The van der Waals surface area contributed by atoms with Gasteiger partial charge in [0.1, 0.15) is 11.5 Å². The molecule has 1 amide bonds. The molecule has 0 aliphatic heterocycles. The molecule has 0 radical (unpaired) electrons. The molecule has 0 aromatic carbocycles. The van der Waals surface area contributed by atoms with Crippen LogP contribution < -0.4 is 5.32 Å². The predicted molar refractivity (Wildman–Crippen MR) is 98.0 cm³/mol. The van der Waals surface area contributed by atoms with Crippen molar-refractivity contribution in [1.29, 1.82) is 0 Å². The van der Waals surface area contributed by atoms with Crippen LogP contribution in [-0.2, 0) is 11.8 Å². The maximum Gasteiger partial charge on any atom is 0.413 e. The number of ether oxygens (including phenoxy) is 1. The maximum atomic E-state index is 14.0. The van der Waals surface area contributed by atoms with E-state index in [4.69, 9.17) is 4.74 Å². The van der Waals surface area contributed by atoms with Crippen LogP contribution in [0.3, 0.4) is 0 Å². The molecule has 0 saturated heterocycles. The SMILES string of the molecule is Cn1nc(NC(=O)OC2CCC(F)(F)C2)c(C2CCC2)c1C1CC(F)(P)C1. The van der Waals surface area contributed by atoms with Crippen molar-refractivity contribution in [2.24, 2.45) is 7.05 Å². The number of rotatable bonds is 4. The van der Waals surface area contributed by atoms with E-state index in [9.17, 15) is 18.0 Å². The standard InChI is InChI=1S/C18H25F3N3O2P/c1-24-14(11-7-18(21,27)8-11)13(10-3-2-4-10)15(23-24)22-16(25)26-12-5-6-17(19,20)9-12/h10-12H,2-9,27H2,1H3,(H,22,23,25). The number of nitrogens with zero attached hydrogens (tertiary/aromatic N) is 2. The van der Waals surface area contributed by atoms with E-state index in [1.54, 1.807) is 11.7 Å². The fraction of sp³-hybridized carbons (Fsp3) is 0.778. The molecule has 3 aliphatic carbocycles. The molecular weight excluding hydrogens is 378 g/mol. The summed E-state index contributed by atoms with van der Waals surface area (Å²) in [5, 5.41) is 5.87. The van der Waals surface area contributed by atoms with Gasteiger partial charge < -0.3 is 4.74 Å². The Morgan fingerprint density at radius 2 is 1.93 bits per heavy atom. The van der Waals surface area contributed by atoms with Gasteiger partial charge in [0.2, 0.25) is 0 Å². The molecule has 2 atom stereocenters. The lowest BCUT2D eigenvalue weighted by Gasteiger charge is -2.40. The minimum absolute atomic E-state index is 0.0701. The van der Waals surface area contributed by atoms with Crippen LogP contribution in [0.5, 0.6) is 0 Å². The second-order valence-corrected chi connectivity index (χ2v) is 9.32. The first-order valence-electron chi connectivity index (χ1n) is 9.54. The van der Waals surface area contributed by atoms with Crippen LogP contribution in [0.2, 0.25) is 0 Å². The number of carbonyl (C=O) groups is 1. The van der Waals surface area contributed by atoms with Gasteiger partial charge in [0.05, 0.1) is 0 Å². The van der Waals surface area contributed by atoms with E-state index >= 15 is 0 Å². The number of hydrogen-bond donors (Lipinski definition) is 1. The molecule has 4 rings (SSSR count). The normalized spacial score (nSPS) is 32.6.